The zero-order valence-corrected chi connectivity index (χ0v) is 12.8. The van der Waals surface area contributed by atoms with E-state index in [0.717, 1.165) is 18.8 Å². The molecule has 0 bridgehead atoms. The summed E-state index contributed by atoms with van der Waals surface area (Å²) in [7, 11) is 1.62. The lowest BCUT2D eigenvalue weighted by Crippen LogP contribution is -2.37. The molecule has 0 radical (unpaired) electrons. The number of nitrogens with one attached hydrogen (secondary N) is 2. The number of imidazole rings is 1. The average molecular weight is 282 g/mol. The fraction of sp³-hybridized carbons (Fsp3) is 0.714. The molecule has 114 valence electrons. The highest BCUT2D eigenvalue weighted by Crippen LogP contribution is 1.97. The Morgan fingerprint density at radius 1 is 1.45 bits per heavy atom. The number of ether oxygens (including phenoxy) is 1. The Hall–Kier alpha value is -1.40. The van der Waals surface area contributed by atoms with Crippen molar-refractivity contribution in [1.29, 1.82) is 0 Å². The van der Waals surface area contributed by atoms with Crippen molar-refractivity contribution in [3.63, 3.8) is 0 Å². The highest BCUT2D eigenvalue weighted by molar-refractivity contribution is 5.76. The van der Waals surface area contributed by atoms with E-state index in [9.17, 15) is 4.79 Å². The molecule has 1 unspecified atom stereocenters. The second-order valence-electron chi connectivity index (χ2n) is 5.49. The van der Waals surface area contributed by atoms with Crippen LogP contribution >= 0.6 is 0 Å². The summed E-state index contributed by atoms with van der Waals surface area (Å²) < 4.78 is 6.77. The third-order valence-electron chi connectivity index (χ3n) is 2.70. The molecule has 6 nitrogen and oxygen atoms in total. The van der Waals surface area contributed by atoms with Crippen LogP contribution in [0.5, 0.6) is 0 Å². The Bertz CT molecular complexity index is 404. The molecule has 0 saturated heterocycles. The molecule has 1 heterocycles. The quantitative estimate of drug-likeness (QED) is 0.702. The zero-order chi connectivity index (χ0) is 15.0. The maximum atomic E-state index is 11.8. The topological polar surface area (TPSA) is 68.2 Å². The number of aromatic nitrogens is 2. The number of amides is 1. The van der Waals surface area contributed by atoms with Crippen LogP contribution in [0, 0.1) is 5.92 Å². The Kier molecular flexibility index (Phi) is 7.25. The minimum absolute atomic E-state index is 0.0169. The van der Waals surface area contributed by atoms with E-state index < -0.39 is 0 Å². The van der Waals surface area contributed by atoms with E-state index >= 15 is 0 Å². The normalized spacial score (nSPS) is 12.7. The van der Waals surface area contributed by atoms with Gasteiger partial charge < -0.3 is 19.9 Å². The van der Waals surface area contributed by atoms with Crippen molar-refractivity contribution in [2.45, 2.75) is 39.9 Å². The predicted octanol–water partition coefficient (Wildman–Crippen LogP) is 0.780. The number of nitrogens with zero attached hydrogens (tertiary/aromatic N) is 2. The van der Waals surface area contributed by atoms with Crippen LogP contribution in [-0.2, 0) is 22.6 Å². The van der Waals surface area contributed by atoms with Crippen LogP contribution in [0.15, 0.2) is 12.5 Å². The first-order valence-corrected chi connectivity index (χ1v) is 7.01. The van der Waals surface area contributed by atoms with Gasteiger partial charge in [-0.15, -0.1) is 0 Å². The van der Waals surface area contributed by atoms with E-state index in [1.54, 1.807) is 18.0 Å². The number of rotatable bonds is 9. The van der Waals surface area contributed by atoms with Crippen LogP contribution < -0.4 is 10.6 Å². The summed E-state index contributed by atoms with van der Waals surface area (Å²) in [5.41, 5.74) is 0.948. The monoisotopic (exact) mass is 282 g/mol. The van der Waals surface area contributed by atoms with Crippen LogP contribution in [0.4, 0.5) is 0 Å². The Balaban J connectivity index is 2.34. The number of carbonyl (C=O) groups is 1. The molecule has 1 rings (SSSR count). The number of hydrogen-bond donors (Lipinski definition) is 2. The average Bonchev–Trinajstić information content (AvgIpc) is 2.76. The van der Waals surface area contributed by atoms with Crippen LogP contribution in [0.2, 0.25) is 0 Å². The molecule has 1 aromatic heterocycles. The summed E-state index contributed by atoms with van der Waals surface area (Å²) in [5, 5.41) is 6.19. The molecule has 6 heteroatoms. The molecule has 0 aliphatic heterocycles. The summed E-state index contributed by atoms with van der Waals surface area (Å²) in [5.74, 6) is 0.582. The SMILES string of the molecule is COCC(C)NC(=O)Cn1cnc(CNCC(C)C)c1. The minimum Gasteiger partial charge on any atom is -0.383 e. The van der Waals surface area contributed by atoms with Gasteiger partial charge in [0.05, 0.1) is 18.6 Å². The van der Waals surface area contributed by atoms with E-state index in [4.69, 9.17) is 4.74 Å². The van der Waals surface area contributed by atoms with Crippen LogP contribution in [0.25, 0.3) is 0 Å². The van der Waals surface area contributed by atoms with E-state index in [1.807, 2.05) is 13.1 Å². The van der Waals surface area contributed by atoms with Gasteiger partial charge in [-0.3, -0.25) is 4.79 Å². The molecule has 0 saturated carbocycles. The number of hydrogen-bond acceptors (Lipinski definition) is 4. The van der Waals surface area contributed by atoms with Gasteiger partial charge in [-0.1, -0.05) is 13.8 Å². The highest BCUT2D eigenvalue weighted by Gasteiger charge is 2.08. The summed E-state index contributed by atoms with van der Waals surface area (Å²) in [4.78, 5) is 16.1. The van der Waals surface area contributed by atoms with E-state index in [2.05, 4.69) is 29.5 Å². The van der Waals surface area contributed by atoms with Gasteiger partial charge in [0, 0.05) is 25.9 Å². The summed E-state index contributed by atoms with van der Waals surface area (Å²) >= 11 is 0. The molecule has 2 N–H and O–H groups in total. The van der Waals surface area contributed by atoms with Crippen molar-refractivity contribution in [1.82, 2.24) is 20.2 Å². The Morgan fingerprint density at radius 2 is 2.20 bits per heavy atom. The van der Waals surface area contributed by atoms with Crippen LogP contribution in [0.3, 0.4) is 0 Å². The fourth-order valence-electron chi connectivity index (χ4n) is 1.85. The van der Waals surface area contributed by atoms with Gasteiger partial charge in [0.2, 0.25) is 5.91 Å². The molecule has 1 amide bonds. The molecule has 0 spiro atoms. The molecule has 1 atom stereocenters. The predicted molar refractivity (Wildman–Crippen MR) is 78.3 cm³/mol. The summed E-state index contributed by atoms with van der Waals surface area (Å²) in [6, 6.07) is 0.0169. The van der Waals surface area contributed by atoms with Gasteiger partial charge in [-0.25, -0.2) is 4.98 Å². The maximum Gasteiger partial charge on any atom is 0.240 e. The molecule has 20 heavy (non-hydrogen) atoms. The Labute approximate surface area is 120 Å². The lowest BCUT2D eigenvalue weighted by molar-refractivity contribution is -0.122. The molecule has 0 aliphatic rings. The summed E-state index contributed by atoms with van der Waals surface area (Å²) in [6.45, 7) is 8.73. The smallest absolute Gasteiger partial charge is 0.240 e. The van der Waals surface area contributed by atoms with Crippen LogP contribution in [-0.4, -0.2) is 41.8 Å². The molecular weight excluding hydrogens is 256 g/mol. The third-order valence-corrected chi connectivity index (χ3v) is 2.70. The number of carbonyl (C=O) groups excluding carboxylic acids is 1. The maximum absolute atomic E-state index is 11.8. The van der Waals surface area contributed by atoms with Crippen molar-refractivity contribution in [2.75, 3.05) is 20.3 Å². The van der Waals surface area contributed by atoms with Crippen molar-refractivity contribution in [3.05, 3.63) is 18.2 Å². The molecule has 0 fully saturated rings. The van der Waals surface area contributed by atoms with Crippen molar-refractivity contribution in [2.24, 2.45) is 5.92 Å². The van der Waals surface area contributed by atoms with Gasteiger partial charge in [-0.05, 0) is 19.4 Å². The molecular formula is C14H26N4O2. The van der Waals surface area contributed by atoms with E-state index in [-0.39, 0.29) is 18.5 Å². The first-order valence-electron chi connectivity index (χ1n) is 7.01. The lowest BCUT2D eigenvalue weighted by atomic mass is 10.2. The summed E-state index contributed by atoms with van der Waals surface area (Å²) in [6.07, 6.45) is 3.58. The third kappa shape index (κ3) is 6.68. The molecule has 0 aliphatic carbocycles. The van der Waals surface area contributed by atoms with Gasteiger partial charge >= 0.3 is 0 Å². The largest absolute Gasteiger partial charge is 0.383 e. The van der Waals surface area contributed by atoms with Gasteiger partial charge in [0.1, 0.15) is 6.54 Å². The second kappa shape index (κ2) is 8.71. The van der Waals surface area contributed by atoms with Crippen molar-refractivity contribution in [3.8, 4) is 0 Å². The zero-order valence-electron chi connectivity index (χ0n) is 12.8. The van der Waals surface area contributed by atoms with Crippen LogP contribution in [0.1, 0.15) is 26.5 Å². The first kappa shape index (κ1) is 16.7. The van der Waals surface area contributed by atoms with E-state index in [0.29, 0.717) is 12.5 Å². The van der Waals surface area contributed by atoms with Gasteiger partial charge in [0.15, 0.2) is 0 Å². The Morgan fingerprint density at radius 3 is 2.85 bits per heavy atom. The fourth-order valence-corrected chi connectivity index (χ4v) is 1.85. The molecule has 1 aromatic rings. The number of methoxy groups -OCH3 is 1. The van der Waals surface area contributed by atoms with Gasteiger partial charge in [-0.2, -0.15) is 0 Å². The first-order chi connectivity index (χ1) is 9.51. The highest BCUT2D eigenvalue weighted by atomic mass is 16.5. The van der Waals surface area contributed by atoms with Crippen molar-refractivity contribution >= 4 is 5.91 Å². The lowest BCUT2D eigenvalue weighted by Gasteiger charge is -2.12. The standard InChI is InChI=1S/C14H26N4O2/c1-11(2)5-15-6-13-7-18(10-16-13)8-14(19)17-12(3)9-20-4/h7,10-12,15H,5-6,8-9H2,1-4H3,(H,17,19). The van der Waals surface area contributed by atoms with E-state index in [1.165, 1.54) is 0 Å². The molecule has 0 aromatic carbocycles. The van der Waals surface area contributed by atoms with Crippen molar-refractivity contribution < 1.29 is 9.53 Å². The van der Waals surface area contributed by atoms with Gasteiger partial charge in [0.25, 0.3) is 0 Å². The second-order valence-corrected chi connectivity index (χ2v) is 5.49. The minimum atomic E-state index is -0.0337.